The summed E-state index contributed by atoms with van der Waals surface area (Å²) >= 11 is 1.40. The van der Waals surface area contributed by atoms with Gasteiger partial charge in [-0.1, -0.05) is 18.2 Å². The molecular formula is C16H19N3O2S. The lowest BCUT2D eigenvalue weighted by Gasteiger charge is -2.11. The van der Waals surface area contributed by atoms with Crippen LogP contribution < -0.4 is 15.8 Å². The Kier molecular flexibility index (Phi) is 4.70. The number of carbonyl (C=O) groups is 1. The van der Waals surface area contributed by atoms with Crippen molar-refractivity contribution in [1.82, 2.24) is 10.3 Å². The minimum absolute atomic E-state index is 0.187. The summed E-state index contributed by atoms with van der Waals surface area (Å²) in [4.78, 5) is 16.3. The molecule has 22 heavy (non-hydrogen) atoms. The van der Waals surface area contributed by atoms with E-state index in [0.29, 0.717) is 24.7 Å². The highest BCUT2D eigenvalue weighted by Crippen LogP contribution is 2.30. The number of aromatic nitrogens is 1. The summed E-state index contributed by atoms with van der Waals surface area (Å²) in [6.07, 6.45) is 2.51. The largest absolute Gasteiger partial charge is 0.493 e. The topological polar surface area (TPSA) is 77.2 Å². The molecule has 3 N–H and O–H groups in total. The van der Waals surface area contributed by atoms with Gasteiger partial charge in [-0.2, -0.15) is 0 Å². The Bertz CT molecular complexity index is 652. The van der Waals surface area contributed by atoms with Crippen LogP contribution in [0.3, 0.4) is 0 Å². The maximum absolute atomic E-state index is 12.1. The minimum atomic E-state index is -0.187. The zero-order valence-electron chi connectivity index (χ0n) is 12.2. The Morgan fingerprint density at radius 3 is 2.95 bits per heavy atom. The summed E-state index contributed by atoms with van der Waals surface area (Å²) in [7, 11) is 0. The molecule has 0 unspecified atom stereocenters. The molecule has 116 valence electrons. The van der Waals surface area contributed by atoms with Gasteiger partial charge in [0.05, 0.1) is 6.61 Å². The number of ether oxygens (including phenoxy) is 1. The molecular weight excluding hydrogens is 298 g/mol. The maximum atomic E-state index is 12.1. The number of para-hydroxylation sites is 1. The third kappa shape index (κ3) is 3.84. The Labute approximate surface area is 133 Å². The number of nitrogens with zero attached hydrogens (tertiary/aromatic N) is 1. The average Bonchev–Trinajstić information content (AvgIpc) is 3.25. The van der Waals surface area contributed by atoms with E-state index >= 15 is 0 Å². The van der Waals surface area contributed by atoms with Crippen LogP contribution in [0.25, 0.3) is 0 Å². The Hall–Kier alpha value is -1.92. The second kappa shape index (κ2) is 6.89. The van der Waals surface area contributed by atoms with Gasteiger partial charge in [0, 0.05) is 24.0 Å². The minimum Gasteiger partial charge on any atom is -0.493 e. The highest BCUT2D eigenvalue weighted by molar-refractivity contribution is 7.09. The maximum Gasteiger partial charge on any atom is 0.271 e. The van der Waals surface area contributed by atoms with E-state index in [9.17, 15) is 4.79 Å². The molecule has 1 amide bonds. The van der Waals surface area contributed by atoms with Gasteiger partial charge in [-0.25, -0.2) is 4.98 Å². The van der Waals surface area contributed by atoms with Crippen molar-refractivity contribution in [2.45, 2.75) is 25.9 Å². The zero-order valence-corrected chi connectivity index (χ0v) is 13.1. The molecule has 1 aromatic heterocycles. The average molecular weight is 317 g/mol. The van der Waals surface area contributed by atoms with Crippen molar-refractivity contribution >= 4 is 17.2 Å². The fraction of sp³-hybridized carbons (Fsp3) is 0.375. The highest BCUT2D eigenvalue weighted by Gasteiger charge is 2.22. The predicted molar refractivity (Wildman–Crippen MR) is 85.8 cm³/mol. The fourth-order valence-corrected chi connectivity index (χ4v) is 2.71. The van der Waals surface area contributed by atoms with E-state index in [0.717, 1.165) is 22.9 Å². The molecule has 1 aromatic carbocycles. The van der Waals surface area contributed by atoms with Crippen LogP contribution in [0.15, 0.2) is 29.6 Å². The second-order valence-corrected chi connectivity index (χ2v) is 6.32. The van der Waals surface area contributed by atoms with Crippen LogP contribution >= 0.6 is 11.3 Å². The summed E-state index contributed by atoms with van der Waals surface area (Å²) in [6.45, 7) is 1.54. The number of nitrogens with one attached hydrogen (secondary N) is 1. The van der Waals surface area contributed by atoms with Gasteiger partial charge >= 0.3 is 0 Å². The monoisotopic (exact) mass is 317 g/mol. The number of thiazole rings is 1. The van der Waals surface area contributed by atoms with Crippen LogP contribution in [0.4, 0.5) is 0 Å². The number of benzene rings is 1. The van der Waals surface area contributed by atoms with Gasteiger partial charge < -0.3 is 15.8 Å². The number of hydrogen-bond acceptors (Lipinski definition) is 5. The SMILES string of the molecule is NCc1nc(C(=O)NCc2ccccc2OCC2CC2)cs1. The van der Waals surface area contributed by atoms with Crippen LogP contribution in [0.1, 0.15) is 33.9 Å². The highest BCUT2D eigenvalue weighted by atomic mass is 32.1. The molecule has 1 heterocycles. The molecule has 3 rings (SSSR count). The van der Waals surface area contributed by atoms with Gasteiger partial charge in [-0.15, -0.1) is 11.3 Å². The van der Waals surface area contributed by atoms with Crippen molar-refractivity contribution in [3.8, 4) is 5.75 Å². The second-order valence-electron chi connectivity index (χ2n) is 5.38. The van der Waals surface area contributed by atoms with Crippen LogP contribution in [0.2, 0.25) is 0 Å². The van der Waals surface area contributed by atoms with Gasteiger partial charge in [0.1, 0.15) is 16.5 Å². The van der Waals surface area contributed by atoms with E-state index < -0.39 is 0 Å². The summed E-state index contributed by atoms with van der Waals surface area (Å²) in [5.41, 5.74) is 6.91. The Morgan fingerprint density at radius 1 is 1.41 bits per heavy atom. The summed E-state index contributed by atoms with van der Waals surface area (Å²) in [5.74, 6) is 1.36. The molecule has 1 aliphatic carbocycles. The molecule has 1 aliphatic rings. The molecule has 6 heteroatoms. The molecule has 0 radical (unpaired) electrons. The van der Waals surface area contributed by atoms with Crippen molar-refractivity contribution in [3.63, 3.8) is 0 Å². The van der Waals surface area contributed by atoms with E-state index in [1.54, 1.807) is 5.38 Å². The van der Waals surface area contributed by atoms with Gasteiger partial charge in [-0.3, -0.25) is 4.79 Å². The number of nitrogens with two attached hydrogens (primary N) is 1. The lowest BCUT2D eigenvalue weighted by molar-refractivity contribution is 0.0946. The van der Waals surface area contributed by atoms with Crippen LogP contribution in [0.5, 0.6) is 5.75 Å². The van der Waals surface area contributed by atoms with Crippen LogP contribution in [-0.4, -0.2) is 17.5 Å². The van der Waals surface area contributed by atoms with E-state index in [4.69, 9.17) is 10.5 Å². The molecule has 0 saturated heterocycles. The number of carbonyl (C=O) groups excluding carboxylic acids is 1. The fourth-order valence-electron chi connectivity index (χ4n) is 2.06. The first-order valence-corrected chi connectivity index (χ1v) is 8.27. The molecule has 1 fully saturated rings. The Morgan fingerprint density at radius 2 is 2.23 bits per heavy atom. The van der Waals surface area contributed by atoms with Crippen molar-refractivity contribution in [3.05, 3.63) is 45.9 Å². The number of amides is 1. The zero-order chi connectivity index (χ0) is 15.4. The van der Waals surface area contributed by atoms with Crippen molar-refractivity contribution in [2.24, 2.45) is 11.7 Å². The number of hydrogen-bond donors (Lipinski definition) is 2. The smallest absolute Gasteiger partial charge is 0.271 e. The molecule has 2 aromatic rings. The lowest BCUT2D eigenvalue weighted by atomic mass is 10.2. The van der Waals surface area contributed by atoms with E-state index in [2.05, 4.69) is 10.3 Å². The first kappa shape index (κ1) is 15.0. The number of rotatable bonds is 7. The van der Waals surface area contributed by atoms with E-state index in [1.165, 1.54) is 24.2 Å². The normalized spacial score (nSPS) is 13.9. The van der Waals surface area contributed by atoms with Gasteiger partial charge in [0.2, 0.25) is 0 Å². The first-order valence-electron chi connectivity index (χ1n) is 7.39. The summed E-state index contributed by atoms with van der Waals surface area (Å²) in [6, 6.07) is 7.80. The van der Waals surface area contributed by atoms with Crippen molar-refractivity contribution in [2.75, 3.05) is 6.61 Å². The molecule has 0 atom stereocenters. The van der Waals surface area contributed by atoms with Gasteiger partial charge in [0.15, 0.2) is 0 Å². The van der Waals surface area contributed by atoms with Crippen LogP contribution in [0, 0.1) is 5.92 Å². The van der Waals surface area contributed by atoms with Gasteiger partial charge in [-0.05, 0) is 24.8 Å². The van der Waals surface area contributed by atoms with Crippen molar-refractivity contribution < 1.29 is 9.53 Å². The third-order valence-electron chi connectivity index (χ3n) is 3.54. The quantitative estimate of drug-likeness (QED) is 0.821. The molecule has 0 bridgehead atoms. The van der Waals surface area contributed by atoms with E-state index in [-0.39, 0.29) is 5.91 Å². The molecule has 0 spiro atoms. The first-order chi connectivity index (χ1) is 10.8. The third-order valence-corrected chi connectivity index (χ3v) is 4.41. The lowest BCUT2D eigenvalue weighted by Crippen LogP contribution is -2.23. The molecule has 5 nitrogen and oxygen atoms in total. The summed E-state index contributed by atoms with van der Waals surface area (Å²) in [5, 5.41) is 5.37. The molecule has 0 aliphatic heterocycles. The standard InChI is InChI=1S/C16H19N3O2S/c17-7-15-19-13(10-22-15)16(20)18-8-12-3-1-2-4-14(12)21-9-11-5-6-11/h1-4,10-11H,5-9,17H2,(H,18,20). The summed E-state index contributed by atoms with van der Waals surface area (Å²) < 4.78 is 5.84. The molecule has 1 saturated carbocycles. The van der Waals surface area contributed by atoms with Gasteiger partial charge in [0.25, 0.3) is 5.91 Å². The Balaban J connectivity index is 1.59. The predicted octanol–water partition coefficient (Wildman–Crippen LogP) is 2.32. The van der Waals surface area contributed by atoms with E-state index in [1.807, 2.05) is 24.3 Å². The van der Waals surface area contributed by atoms with Crippen molar-refractivity contribution in [1.29, 1.82) is 0 Å². The van der Waals surface area contributed by atoms with Crippen LogP contribution in [-0.2, 0) is 13.1 Å².